The van der Waals surface area contributed by atoms with Crippen molar-refractivity contribution in [3.8, 4) is 5.75 Å². The van der Waals surface area contributed by atoms with Crippen LogP contribution < -0.4 is 10.1 Å². The zero-order valence-corrected chi connectivity index (χ0v) is 14.4. The van der Waals surface area contributed by atoms with E-state index in [2.05, 4.69) is 5.32 Å². The van der Waals surface area contributed by atoms with Crippen molar-refractivity contribution in [3.05, 3.63) is 65.2 Å². The highest BCUT2D eigenvalue weighted by Crippen LogP contribution is 2.17. The third-order valence-electron chi connectivity index (χ3n) is 3.56. The van der Waals surface area contributed by atoms with E-state index in [1.54, 1.807) is 24.3 Å². The fraction of sp³-hybridized carbons (Fsp3) is 0.263. The molecule has 0 fully saturated rings. The molecule has 0 saturated carbocycles. The van der Waals surface area contributed by atoms with Gasteiger partial charge in [0.05, 0.1) is 0 Å². The van der Waals surface area contributed by atoms with Gasteiger partial charge in [-0.05, 0) is 36.6 Å². The minimum Gasteiger partial charge on any atom is -0.484 e. The van der Waals surface area contributed by atoms with Gasteiger partial charge in [-0.1, -0.05) is 48.0 Å². The molecule has 0 aliphatic heterocycles. The number of hydrogen-bond donors (Lipinski definition) is 2. The van der Waals surface area contributed by atoms with Gasteiger partial charge >= 0.3 is 5.97 Å². The van der Waals surface area contributed by atoms with Crippen LogP contribution in [0.25, 0.3) is 0 Å². The van der Waals surface area contributed by atoms with Crippen molar-refractivity contribution < 1.29 is 19.4 Å². The first-order valence-corrected chi connectivity index (χ1v) is 8.34. The van der Waals surface area contributed by atoms with E-state index in [9.17, 15) is 9.59 Å². The number of halogens is 1. The summed E-state index contributed by atoms with van der Waals surface area (Å²) in [4.78, 5) is 23.0. The van der Waals surface area contributed by atoms with E-state index >= 15 is 0 Å². The molecule has 1 amide bonds. The fourth-order valence-corrected chi connectivity index (χ4v) is 2.58. The van der Waals surface area contributed by atoms with Crippen molar-refractivity contribution in [1.82, 2.24) is 5.32 Å². The molecule has 2 aromatic rings. The Bertz CT molecular complexity index is 706. The number of carbonyl (C=O) groups excluding carboxylic acids is 1. The molecule has 0 heterocycles. The summed E-state index contributed by atoms with van der Waals surface area (Å²) in [6.07, 6.45) is 0.914. The Labute approximate surface area is 151 Å². The zero-order valence-electron chi connectivity index (χ0n) is 13.7. The zero-order chi connectivity index (χ0) is 18.1. The van der Waals surface area contributed by atoms with Gasteiger partial charge < -0.3 is 15.2 Å². The molecule has 0 bridgehead atoms. The highest BCUT2D eigenvalue weighted by atomic mass is 35.5. The highest BCUT2D eigenvalue weighted by Gasteiger charge is 2.15. The van der Waals surface area contributed by atoms with Crippen LogP contribution in [0.3, 0.4) is 0 Å². The Balaban J connectivity index is 1.90. The van der Waals surface area contributed by atoms with Crippen molar-refractivity contribution in [2.75, 3.05) is 6.61 Å². The fourth-order valence-electron chi connectivity index (χ4n) is 2.40. The summed E-state index contributed by atoms with van der Waals surface area (Å²) < 4.78 is 5.41. The minimum absolute atomic E-state index is 0.00701. The first kappa shape index (κ1) is 18.8. The molecule has 2 rings (SSSR count). The average Bonchev–Trinajstić information content (AvgIpc) is 2.59. The van der Waals surface area contributed by atoms with E-state index in [1.165, 1.54) is 0 Å². The van der Waals surface area contributed by atoms with Crippen LogP contribution in [-0.2, 0) is 16.0 Å². The summed E-state index contributed by atoms with van der Waals surface area (Å²) in [6, 6.07) is 16.1. The van der Waals surface area contributed by atoms with Gasteiger partial charge in [0.25, 0.3) is 5.91 Å². The molecule has 1 unspecified atom stereocenters. The number of benzene rings is 2. The van der Waals surface area contributed by atoms with Crippen molar-refractivity contribution in [2.45, 2.75) is 25.3 Å². The first-order valence-electron chi connectivity index (χ1n) is 7.96. The van der Waals surface area contributed by atoms with Crippen molar-refractivity contribution >= 4 is 23.5 Å². The van der Waals surface area contributed by atoms with Crippen LogP contribution >= 0.6 is 11.6 Å². The number of rotatable bonds is 9. The van der Waals surface area contributed by atoms with Crippen LogP contribution in [0.15, 0.2) is 54.6 Å². The molecule has 0 radical (unpaired) electrons. The van der Waals surface area contributed by atoms with Crippen molar-refractivity contribution in [1.29, 1.82) is 0 Å². The van der Waals surface area contributed by atoms with E-state index in [-0.39, 0.29) is 25.0 Å². The number of aliphatic carboxylic acids is 1. The molecular formula is C19H20ClNO4. The standard InChI is InChI=1S/C19H20ClNO4/c20-15-7-4-8-17(12-15)25-13-18(22)21-16(9-10-19(23)24)11-14-5-2-1-3-6-14/h1-8,12,16H,9-11,13H2,(H,21,22)(H,23,24). The van der Waals surface area contributed by atoms with E-state index in [0.29, 0.717) is 23.6 Å². The van der Waals surface area contributed by atoms with Gasteiger partial charge in [-0.3, -0.25) is 9.59 Å². The third-order valence-corrected chi connectivity index (χ3v) is 3.80. The molecule has 6 heteroatoms. The Kier molecular flexibility index (Phi) is 7.29. The number of carbonyl (C=O) groups is 2. The minimum atomic E-state index is -0.887. The lowest BCUT2D eigenvalue weighted by Gasteiger charge is -2.18. The number of ether oxygens (including phenoxy) is 1. The maximum absolute atomic E-state index is 12.1. The molecule has 1 atom stereocenters. The topological polar surface area (TPSA) is 75.6 Å². The summed E-state index contributed by atoms with van der Waals surface area (Å²) in [5, 5.41) is 12.3. The first-order chi connectivity index (χ1) is 12.0. The number of hydrogen-bond acceptors (Lipinski definition) is 3. The quantitative estimate of drug-likeness (QED) is 0.718. The second kappa shape index (κ2) is 9.69. The van der Waals surface area contributed by atoms with Gasteiger partial charge in [0.15, 0.2) is 6.61 Å². The SMILES string of the molecule is O=C(O)CCC(Cc1ccccc1)NC(=O)COc1cccc(Cl)c1. The molecular weight excluding hydrogens is 342 g/mol. The Morgan fingerprint density at radius 3 is 2.56 bits per heavy atom. The van der Waals surface area contributed by atoms with Gasteiger partial charge in [-0.15, -0.1) is 0 Å². The second-order valence-electron chi connectivity index (χ2n) is 5.63. The molecule has 0 spiro atoms. The van der Waals surface area contributed by atoms with Crippen LogP contribution in [0.1, 0.15) is 18.4 Å². The van der Waals surface area contributed by atoms with Crippen molar-refractivity contribution in [2.24, 2.45) is 0 Å². The smallest absolute Gasteiger partial charge is 0.303 e. The Morgan fingerprint density at radius 1 is 1.12 bits per heavy atom. The molecule has 0 aliphatic carbocycles. The van der Waals surface area contributed by atoms with Crippen LogP contribution in [0.4, 0.5) is 0 Å². The van der Waals surface area contributed by atoms with Crippen molar-refractivity contribution in [3.63, 3.8) is 0 Å². The molecule has 0 saturated heterocycles. The lowest BCUT2D eigenvalue weighted by Crippen LogP contribution is -2.39. The summed E-state index contributed by atoms with van der Waals surface area (Å²) >= 11 is 5.87. The monoisotopic (exact) mass is 361 g/mol. The van der Waals surface area contributed by atoms with Crippen LogP contribution in [0, 0.1) is 0 Å². The molecule has 0 aromatic heterocycles. The molecule has 2 aromatic carbocycles. The average molecular weight is 362 g/mol. The number of carboxylic acids is 1. The largest absolute Gasteiger partial charge is 0.484 e. The molecule has 132 valence electrons. The van der Waals surface area contributed by atoms with E-state index in [4.69, 9.17) is 21.4 Å². The van der Waals surface area contributed by atoms with E-state index < -0.39 is 5.97 Å². The molecule has 0 aliphatic rings. The highest BCUT2D eigenvalue weighted by molar-refractivity contribution is 6.30. The lowest BCUT2D eigenvalue weighted by molar-refractivity contribution is -0.137. The normalized spacial score (nSPS) is 11.6. The Hall–Kier alpha value is -2.53. The molecule has 2 N–H and O–H groups in total. The molecule has 25 heavy (non-hydrogen) atoms. The maximum atomic E-state index is 12.1. The van der Waals surface area contributed by atoms with Crippen LogP contribution in [0.2, 0.25) is 5.02 Å². The van der Waals surface area contributed by atoms with Gasteiger partial charge in [0.1, 0.15) is 5.75 Å². The second-order valence-corrected chi connectivity index (χ2v) is 6.07. The number of nitrogens with one attached hydrogen (secondary N) is 1. The summed E-state index contributed by atoms with van der Waals surface area (Å²) in [5.74, 6) is -0.679. The van der Waals surface area contributed by atoms with Crippen LogP contribution in [-0.4, -0.2) is 29.6 Å². The van der Waals surface area contributed by atoms with Gasteiger partial charge in [0, 0.05) is 17.5 Å². The summed E-state index contributed by atoms with van der Waals surface area (Å²) in [7, 11) is 0. The lowest BCUT2D eigenvalue weighted by atomic mass is 10.0. The van der Waals surface area contributed by atoms with Gasteiger partial charge in [-0.25, -0.2) is 0 Å². The predicted molar refractivity (Wildman–Crippen MR) is 95.9 cm³/mol. The maximum Gasteiger partial charge on any atom is 0.303 e. The van der Waals surface area contributed by atoms with Gasteiger partial charge in [0.2, 0.25) is 0 Å². The molecule has 5 nitrogen and oxygen atoms in total. The predicted octanol–water partition coefficient (Wildman–Crippen LogP) is 3.31. The summed E-state index contributed by atoms with van der Waals surface area (Å²) in [6.45, 7) is -0.154. The third kappa shape index (κ3) is 7.27. The number of amides is 1. The number of carboxylic acid groups (broad SMARTS) is 1. The van der Waals surface area contributed by atoms with E-state index in [0.717, 1.165) is 5.56 Å². The Morgan fingerprint density at radius 2 is 1.88 bits per heavy atom. The van der Waals surface area contributed by atoms with E-state index in [1.807, 2.05) is 30.3 Å². The summed E-state index contributed by atoms with van der Waals surface area (Å²) in [5.41, 5.74) is 1.04. The van der Waals surface area contributed by atoms with Gasteiger partial charge in [-0.2, -0.15) is 0 Å². The van der Waals surface area contributed by atoms with Crippen LogP contribution in [0.5, 0.6) is 5.75 Å².